The SMILES string of the molecule is Cc1c2cnn(-c3ccccc3)c(=O)c2c(C)n1CCCC(=O)N[C@H]1CCCC[C@@H]1C. The summed E-state index contributed by atoms with van der Waals surface area (Å²) in [6, 6.07) is 9.80. The molecule has 1 saturated carbocycles. The van der Waals surface area contributed by atoms with Gasteiger partial charge in [0.15, 0.2) is 0 Å². The molecule has 2 aromatic heterocycles. The Hall–Kier alpha value is -2.89. The normalized spacial score (nSPS) is 18.9. The minimum absolute atomic E-state index is 0.105. The van der Waals surface area contributed by atoms with E-state index in [1.807, 2.05) is 44.2 Å². The molecular weight excluding hydrogens is 388 g/mol. The lowest BCUT2D eigenvalue weighted by Crippen LogP contribution is -2.41. The Kier molecular flexibility index (Phi) is 6.25. The minimum atomic E-state index is -0.105. The van der Waals surface area contributed by atoms with E-state index in [0.717, 1.165) is 35.3 Å². The minimum Gasteiger partial charge on any atom is -0.353 e. The predicted octanol–water partition coefficient (Wildman–Crippen LogP) is 4.28. The highest BCUT2D eigenvalue weighted by Crippen LogP contribution is 2.25. The van der Waals surface area contributed by atoms with E-state index in [-0.39, 0.29) is 11.5 Å². The average Bonchev–Trinajstić information content (AvgIpc) is 3.01. The second kappa shape index (κ2) is 9.08. The van der Waals surface area contributed by atoms with Gasteiger partial charge in [0, 0.05) is 35.8 Å². The number of hydrogen-bond acceptors (Lipinski definition) is 3. The zero-order valence-electron chi connectivity index (χ0n) is 18.7. The van der Waals surface area contributed by atoms with E-state index in [4.69, 9.17) is 0 Å². The Balaban J connectivity index is 1.49. The number of carbonyl (C=O) groups excluding carboxylic acids is 1. The summed E-state index contributed by atoms with van der Waals surface area (Å²) in [6.45, 7) is 6.95. The number of amides is 1. The molecule has 0 aliphatic heterocycles. The lowest BCUT2D eigenvalue weighted by Gasteiger charge is -2.29. The summed E-state index contributed by atoms with van der Waals surface area (Å²) < 4.78 is 3.61. The molecule has 31 heavy (non-hydrogen) atoms. The summed E-state index contributed by atoms with van der Waals surface area (Å²) >= 11 is 0. The number of para-hydroxylation sites is 1. The summed E-state index contributed by atoms with van der Waals surface area (Å²) in [5, 5.41) is 9.22. The molecule has 0 bridgehead atoms. The first-order valence-corrected chi connectivity index (χ1v) is 11.4. The van der Waals surface area contributed by atoms with Crippen LogP contribution in [0.4, 0.5) is 0 Å². The fourth-order valence-electron chi connectivity index (χ4n) is 4.91. The van der Waals surface area contributed by atoms with E-state index in [1.165, 1.54) is 23.9 Å². The summed E-state index contributed by atoms with van der Waals surface area (Å²) in [7, 11) is 0. The van der Waals surface area contributed by atoms with Crippen LogP contribution in [-0.2, 0) is 11.3 Å². The number of aromatic nitrogens is 3. The summed E-state index contributed by atoms with van der Waals surface area (Å²) in [5.74, 6) is 0.704. The van der Waals surface area contributed by atoms with E-state index in [0.29, 0.717) is 30.3 Å². The van der Waals surface area contributed by atoms with E-state index in [2.05, 4.69) is 21.9 Å². The van der Waals surface area contributed by atoms with Gasteiger partial charge >= 0.3 is 0 Å². The highest BCUT2D eigenvalue weighted by molar-refractivity contribution is 5.87. The van der Waals surface area contributed by atoms with Crippen molar-refractivity contribution in [3.8, 4) is 5.69 Å². The van der Waals surface area contributed by atoms with Crippen LogP contribution in [0.5, 0.6) is 0 Å². The first-order chi connectivity index (χ1) is 15.0. The van der Waals surface area contributed by atoms with Crippen molar-refractivity contribution >= 4 is 16.7 Å². The fourth-order valence-corrected chi connectivity index (χ4v) is 4.91. The fraction of sp³-hybridized carbons (Fsp3) is 0.480. The lowest BCUT2D eigenvalue weighted by molar-refractivity contribution is -0.122. The van der Waals surface area contributed by atoms with Crippen molar-refractivity contribution < 1.29 is 4.79 Å². The lowest BCUT2D eigenvalue weighted by atomic mass is 9.86. The number of aryl methyl sites for hydroxylation is 2. The smallest absolute Gasteiger partial charge is 0.281 e. The molecule has 0 unspecified atom stereocenters. The van der Waals surface area contributed by atoms with Crippen LogP contribution in [-0.4, -0.2) is 26.3 Å². The number of fused-ring (bicyclic) bond motifs is 1. The third-order valence-corrected chi connectivity index (χ3v) is 6.78. The molecule has 4 rings (SSSR count). The molecule has 2 atom stereocenters. The van der Waals surface area contributed by atoms with Crippen LogP contribution in [0.3, 0.4) is 0 Å². The van der Waals surface area contributed by atoms with Gasteiger partial charge in [0.1, 0.15) is 0 Å². The molecule has 6 heteroatoms. The molecule has 1 aromatic carbocycles. The maximum atomic E-state index is 13.2. The van der Waals surface area contributed by atoms with E-state index in [9.17, 15) is 9.59 Å². The summed E-state index contributed by atoms with van der Waals surface area (Å²) in [4.78, 5) is 25.6. The molecule has 2 heterocycles. The zero-order valence-corrected chi connectivity index (χ0v) is 18.7. The Morgan fingerprint density at radius 1 is 1.13 bits per heavy atom. The van der Waals surface area contributed by atoms with Crippen LogP contribution in [0.1, 0.15) is 56.8 Å². The molecule has 1 amide bonds. The Morgan fingerprint density at radius 2 is 1.87 bits per heavy atom. The van der Waals surface area contributed by atoms with Gasteiger partial charge in [0.2, 0.25) is 5.91 Å². The van der Waals surface area contributed by atoms with E-state index >= 15 is 0 Å². The highest BCUT2D eigenvalue weighted by Gasteiger charge is 2.22. The topological polar surface area (TPSA) is 68.9 Å². The quantitative estimate of drug-likeness (QED) is 0.647. The average molecular weight is 421 g/mol. The molecule has 0 saturated heterocycles. The van der Waals surface area contributed by atoms with Crippen LogP contribution >= 0.6 is 0 Å². The largest absolute Gasteiger partial charge is 0.353 e. The molecule has 1 aliphatic carbocycles. The second-order valence-corrected chi connectivity index (χ2v) is 8.85. The maximum Gasteiger partial charge on any atom is 0.281 e. The third kappa shape index (κ3) is 4.29. The van der Waals surface area contributed by atoms with Crippen molar-refractivity contribution in [2.45, 2.75) is 71.9 Å². The van der Waals surface area contributed by atoms with Crippen LogP contribution in [0, 0.1) is 19.8 Å². The van der Waals surface area contributed by atoms with Gasteiger partial charge in [-0.3, -0.25) is 9.59 Å². The van der Waals surface area contributed by atoms with Gasteiger partial charge in [-0.2, -0.15) is 9.78 Å². The van der Waals surface area contributed by atoms with Gasteiger partial charge in [0.25, 0.3) is 5.56 Å². The number of benzene rings is 1. The zero-order chi connectivity index (χ0) is 22.0. The molecule has 1 aliphatic rings. The van der Waals surface area contributed by atoms with Gasteiger partial charge in [0.05, 0.1) is 17.3 Å². The molecule has 6 nitrogen and oxygen atoms in total. The van der Waals surface area contributed by atoms with Crippen LogP contribution in [0.25, 0.3) is 16.5 Å². The molecule has 0 radical (unpaired) electrons. The van der Waals surface area contributed by atoms with Crippen molar-refractivity contribution in [3.05, 3.63) is 58.3 Å². The molecule has 3 aromatic rings. The summed E-state index contributed by atoms with van der Waals surface area (Å²) in [6.07, 6.45) is 7.80. The second-order valence-electron chi connectivity index (χ2n) is 8.85. The van der Waals surface area contributed by atoms with Gasteiger partial charge in [-0.05, 0) is 51.2 Å². The van der Waals surface area contributed by atoms with Crippen molar-refractivity contribution in [2.75, 3.05) is 0 Å². The van der Waals surface area contributed by atoms with Crippen molar-refractivity contribution in [2.24, 2.45) is 5.92 Å². The van der Waals surface area contributed by atoms with E-state index in [1.54, 1.807) is 6.20 Å². The standard InChI is InChI=1S/C25H32N4O2/c1-17-10-7-8-13-22(17)27-23(30)14-9-15-28-18(2)21-16-26-29(20-11-5-4-6-12-20)25(31)24(21)19(28)3/h4-6,11-12,16-17,22H,7-10,13-15H2,1-3H3,(H,27,30)/t17-,22-/m0/s1. The molecule has 164 valence electrons. The highest BCUT2D eigenvalue weighted by atomic mass is 16.1. The van der Waals surface area contributed by atoms with Crippen LogP contribution < -0.4 is 10.9 Å². The number of hydrogen-bond donors (Lipinski definition) is 1. The van der Waals surface area contributed by atoms with Gasteiger partial charge in [-0.25, -0.2) is 0 Å². The first-order valence-electron chi connectivity index (χ1n) is 11.4. The van der Waals surface area contributed by atoms with Gasteiger partial charge < -0.3 is 9.88 Å². The molecule has 1 fully saturated rings. The number of nitrogens with one attached hydrogen (secondary N) is 1. The molecular formula is C25H32N4O2. The number of nitrogens with zero attached hydrogens (tertiary/aromatic N) is 3. The Labute approximate surface area is 183 Å². The third-order valence-electron chi connectivity index (χ3n) is 6.78. The van der Waals surface area contributed by atoms with Crippen molar-refractivity contribution in [1.29, 1.82) is 0 Å². The Bertz CT molecular complexity index is 1130. The Morgan fingerprint density at radius 3 is 2.61 bits per heavy atom. The van der Waals surface area contributed by atoms with Gasteiger partial charge in [-0.15, -0.1) is 0 Å². The molecule has 0 spiro atoms. The number of rotatable bonds is 6. The summed E-state index contributed by atoms with van der Waals surface area (Å²) in [5.41, 5.74) is 2.62. The number of carbonyl (C=O) groups is 1. The van der Waals surface area contributed by atoms with Crippen LogP contribution in [0.15, 0.2) is 41.3 Å². The van der Waals surface area contributed by atoms with Crippen molar-refractivity contribution in [1.82, 2.24) is 19.7 Å². The maximum absolute atomic E-state index is 13.2. The predicted molar refractivity (Wildman–Crippen MR) is 124 cm³/mol. The van der Waals surface area contributed by atoms with Crippen molar-refractivity contribution in [3.63, 3.8) is 0 Å². The molecule has 1 N–H and O–H groups in total. The van der Waals surface area contributed by atoms with Crippen LogP contribution in [0.2, 0.25) is 0 Å². The van der Waals surface area contributed by atoms with Gasteiger partial charge in [-0.1, -0.05) is 38.0 Å². The monoisotopic (exact) mass is 420 g/mol. The van der Waals surface area contributed by atoms with E-state index < -0.39 is 0 Å². The first kappa shape index (κ1) is 21.3.